The molecule has 6 heteroatoms. The number of halogens is 2. The molecule has 1 N–H and O–H groups in total. The van der Waals surface area contributed by atoms with Crippen LogP contribution in [0, 0.1) is 6.92 Å². The molecule has 0 aliphatic carbocycles. The number of aromatic nitrogens is 2. The van der Waals surface area contributed by atoms with Crippen LogP contribution >= 0.6 is 23.2 Å². The van der Waals surface area contributed by atoms with Gasteiger partial charge in [0.1, 0.15) is 17.2 Å². The maximum absolute atomic E-state index is 12.2. The fourth-order valence-electron chi connectivity index (χ4n) is 2.52. The Labute approximate surface area is 150 Å². The Hall–Kier alpha value is -2.04. The molecule has 0 saturated heterocycles. The number of benzene rings is 1. The minimum absolute atomic E-state index is 0.0821. The lowest BCUT2D eigenvalue weighted by molar-refractivity contribution is -0.116. The topological polar surface area (TPSA) is 46.4 Å². The van der Waals surface area contributed by atoms with Gasteiger partial charge in [-0.1, -0.05) is 23.7 Å². The summed E-state index contributed by atoms with van der Waals surface area (Å²) in [4.78, 5) is 16.9. The second-order valence-electron chi connectivity index (χ2n) is 5.59. The second kappa shape index (κ2) is 7.24. The van der Waals surface area contributed by atoms with Crippen LogP contribution in [0.3, 0.4) is 0 Å². The highest BCUT2D eigenvalue weighted by Gasteiger charge is 2.16. The Kier molecular flexibility index (Phi) is 5.07. The average molecular weight is 362 g/mol. The number of fused-ring (bicyclic) bond motifs is 1. The first-order valence-corrected chi connectivity index (χ1v) is 8.60. The summed E-state index contributed by atoms with van der Waals surface area (Å²) in [7, 11) is 0. The number of nitrogens with zero attached hydrogens (tertiary/aromatic N) is 2. The molecule has 0 radical (unpaired) electrons. The molecule has 0 aliphatic rings. The summed E-state index contributed by atoms with van der Waals surface area (Å²) in [6.07, 6.45) is 2.91. The van der Waals surface area contributed by atoms with Crippen LogP contribution in [0.25, 0.3) is 16.9 Å². The number of aryl methyl sites for hydroxylation is 1. The second-order valence-corrected chi connectivity index (χ2v) is 6.41. The van der Waals surface area contributed by atoms with Crippen molar-refractivity contribution >= 4 is 40.6 Å². The summed E-state index contributed by atoms with van der Waals surface area (Å²) >= 11 is 11.8. The van der Waals surface area contributed by atoms with E-state index >= 15 is 0 Å². The van der Waals surface area contributed by atoms with Crippen LogP contribution in [0.15, 0.2) is 42.6 Å². The number of hydrogen-bond donors (Lipinski definition) is 1. The Morgan fingerprint density at radius 3 is 2.88 bits per heavy atom. The Morgan fingerprint density at radius 1 is 1.29 bits per heavy atom. The zero-order chi connectivity index (χ0) is 17.1. The smallest absolute Gasteiger partial charge is 0.225 e. The van der Waals surface area contributed by atoms with E-state index in [0.29, 0.717) is 35.3 Å². The highest BCUT2D eigenvalue weighted by molar-refractivity contribution is 6.30. The van der Waals surface area contributed by atoms with Gasteiger partial charge in [-0.3, -0.25) is 9.20 Å². The highest BCUT2D eigenvalue weighted by Crippen LogP contribution is 2.30. The Balaban J connectivity index is 2.09. The van der Waals surface area contributed by atoms with E-state index in [-0.39, 0.29) is 5.91 Å². The molecule has 2 heterocycles. The lowest BCUT2D eigenvalue weighted by Gasteiger charge is -2.08. The number of nitrogens with one attached hydrogen (secondary N) is 1. The third-order valence-corrected chi connectivity index (χ3v) is 4.18. The van der Waals surface area contributed by atoms with Crippen molar-refractivity contribution in [2.24, 2.45) is 0 Å². The minimum Gasteiger partial charge on any atom is -0.310 e. The number of rotatable bonds is 5. The van der Waals surface area contributed by atoms with Gasteiger partial charge >= 0.3 is 0 Å². The zero-order valence-corrected chi connectivity index (χ0v) is 14.7. The van der Waals surface area contributed by atoms with Crippen molar-refractivity contribution in [3.8, 4) is 11.3 Å². The predicted molar refractivity (Wildman–Crippen MR) is 99.0 cm³/mol. The molecule has 1 amide bonds. The number of hydrogen-bond acceptors (Lipinski definition) is 2. The van der Waals surface area contributed by atoms with E-state index < -0.39 is 0 Å². The van der Waals surface area contributed by atoms with Crippen molar-refractivity contribution in [1.29, 1.82) is 0 Å². The van der Waals surface area contributed by atoms with Crippen LogP contribution in [-0.2, 0) is 4.79 Å². The molecule has 4 nitrogen and oxygen atoms in total. The molecule has 3 rings (SSSR count). The molecular formula is C18H17Cl2N3O. The van der Waals surface area contributed by atoms with Crippen LogP contribution in [0.4, 0.5) is 5.82 Å². The van der Waals surface area contributed by atoms with Gasteiger partial charge in [-0.25, -0.2) is 4.98 Å². The Bertz CT molecular complexity index is 889. The first-order valence-electron chi connectivity index (χ1n) is 7.69. The van der Waals surface area contributed by atoms with Gasteiger partial charge in [0.25, 0.3) is 0 Å². The number of pyridine rings is 1. The summed E-state index contributed by atoms with van der Waals surface area (Å²) in [6.45, 7) is 2.01. The fraction of sp³-hybridized carbons (Fsp3) is 0.222. The number of carbonyl (C=O) groups is 1. The summed E-state index contributed by atoms with van der Waals surface area (Å²) in [6, 6.07) is 11.4. The Morgan fingerprint density at radius 2 is 2.12 bits per heavy atom. The van der Waals surface area contributed by atoms with Gasteiger partial charge < -0.3 is 5.32 Å². The molecule has 0 bridgehead atoms. The summed E-state index contributed by atoms with van der Waals surface area (Å²) in [5.74, 6) is 1.02. The highest BCUT2D eigenvalue weighted by atomic mass is 35.5. The van der Waals surface area contributed by atoms with Gasteiger partial charge in [-0.05, 0) is 43.2 Å². The molecule has 0 aliphatic heterocycles. The SMILES string of the molecule is Cc1ccn2c(NC(=O)CCCCl)c(-c3cccc(Cl)c3)nc2c1. The number of imidazole rings is 1. The number of amides is 1. The van der Waals surface area contributed by atoms with E-state index in [1.165, 1.54) is 0 Å². The molecular weight excluding hydrogens is 345 g/mol. The molecule has 0 atom stereocenters. The van der Waals surface area contributed by atoms with Crippen LogP contribution in [0.1, 0.15) is 18.4 Å². The summed E-state index contributed by atoms with van der Waals surface area (Å²) in [5.41, 5.74) is 3.43. The van der Waals surface area contributed by atoms with Crippen molar-refractivity contribution in [3.05, 3.63) is 53.2 Å². The van der Waals surface area contributed by atoms with Gasteiger partial charge in [0, 0.05) is 29.1 Å². The molecule has 124 valence electrons. The van der Waals surface area contributed by atoms with Crippen LogP contribution in [0.5, 0.6) is 0 Å². The maximum Gasteiger partial charge on any atom is 0.225 e. The van der Waals surface area contributed by atoms with Gasteiger partial charge in [-0.15, -0.1) is 11.6 Å². The van der Waals surface area contributed by atoms with E-state index in [2.05, 4.69) is 10.3 Å². The summed E-state index contributed by atoms with van der Waals surface area (Å²) < 4.78 is 1.88. The molecule has 0 unspecified atom stereocenters. The predicted octanol–water partition coefficient (Wildman–Crippen LogP) is 4.92. The minimum atomic E-state index is -0.0821. The molecule has 3 aromatic rings. The molecule has 0 saturated carbocycles. The normalized spacial score (nSPS) is 11.0. The van der Waals surface area contributed by atoms with Gasteiger partial charge in [-0.2, -0.15) is 0 Å². The average Bonchev–Trinajstić information content (AvgIpc) is 2.90. The summed E-state index contributed by atoms with van der Waals surface area (Å²) in [5, 5.41) is 3.59. The maximum atomic E-state index is 12.2. The molecule has 0 fully saturated rings. The van der Waals surface area contributed by atoms with Crippen molar-refractivity contribution in [1.82, 2.24) is 9.38 Å². The largest absolute Gasteiger partial charge is 0.310 e. The van der Waals surface area contributed by atoms with E-state index in [1.54, 1.807) is 0 Å². The third kappa shape index (κ3) is 3.55. The first kappa shape index (κ1) is 16.8. The van der Waals surface area contributed by atoms with Gasteiger partial charge in [0.15, 0.2) is 0 Å². The van der Waals surface area contributed by atoms with Crippen molar-refractivity contribution < 1.29 is 4.79 Å². The van der Waals surface area contributed by atoms with Crippen molar-refractivity contribution in [2.75, 3.05) is 11.2 Å². The fourth-order valence-corrected chi connectivity index (χ4v) is 2.85. The molecule has 1 aromatic carbocycles. The molecule has 2 aromatic heterocycles. The third-order valence-electron chi connectivity index (χ3n) is 3.67. The lowest BCUT2D eigenvalue weighted by Crippen LogP contribution is -2.13. The van der Waals surface area contributed by atoms with Crippen LogP contribution in [0.2, 0.25) is 5.02 Å². The first-order chi connectivity index (χ1) is 11.6. The molecule has 24 heavy (non-hydrogen) atoms. The van der Waals surface area contributed by atoms with E-state index in [1.807, 2.05) is 53.9 Å². The number of carbonyl (C=O) groups excluding carboxylic acids is 1. The number of alkyl halides is 1. The van der Waals surface area contributed by atoms with Gasteiger partial charge in [0.05, 0.1) is 0 Å². The van der Waals surface area contributed by atoms with Crippen molar-refractivity contribution in [2.45, 2.75) is 19.8 Å². The van der Waals surface area contributed by atoms with E-state index in [4.69, 9.17) is 23.2 Å². The number of anilines is 1. The monoisotopic (exact) mass is 361 g/mol. The quantitative estimate of drug-likeness (QED) is 0.655. The lowest BCUT2D eigenvalue weighted by atomic mass is 10.1. The standard InChI is InChI=1S/C18H17Cl2N3O/c1-12-7-9-23-15(10-12)21-17(13-4-2-5-14(20)11-13)18(23)22-16(24)6-3-8-19/h2,4-5,7,9-11H,3,6,8H2,1H3,(H,22,24). The van der Waals surface area contributed by atoms with Crippen LogP contribution < -0.4 is 5.32 Å². The van der Waals surface area contributed by atoms with E-state index in [9.17, 15) is 4.79 Å². The molecule has 0 spiro atoms. The van der Waals surface area contributed by atoms with Gasteiger partial charge in [0.2, 0.25) is 5.91 Å². The van der Waals surface area contributed by atoms with Crippen molar-refractivity contribution in [3.63, 3.8) is 0 Å². The van der Waals surface area contributed by atoms with Crippen LogP contribution in [-0.4, -0.2) is 21.2 Å². The van der Waals surface area contributed by atoms with E-state index in [0.717, 1.165) is 16.8 Å². The zero-order valence-electron chi connectivity index (χ0n) is 13.2.